The molecule has 0 aliphatic rings. The van der Waals surface area contributed by atoms with Crippen molar-refractivity contribution in [3.05, 3.63) is 53.9 Å². The van der Waals surface area contributed by atoms with Crippen LogP contribution in [-0.4, -0.2) is 49.7 Å². The smallest absolute Gasteiger partial charge is 0.253 e. The predicted molar refractivity (Wildman–Crippen MR) is 99.6 cm³/mol. The summed E-state index contributed by atoms with van der Waals surface area (Å²) in [6, 6.07) is 9.07. The topological polar surface area (TPSA) is 60.9 Å². The Morgan fingerprint density at radius 1 is 1.12 bits per heavy atom. The molecule has 0 atom stereocenters. The molecule has 6 nitrogen and oxygen atoms in total. The quantitative estimate of drug-likeness (QED) is 0.611. The van der Waals surface area contributed by atoms with Crippen LogP contribution in [0.25, 0.3) is 0 Å². The van der Waals surface area contributed by atoms with Crippen LogP contribution in [0, 0.1) is 0 Å². The lowest BCUT2D eigenvalue weighted by atomic mass is 10.1. The number of aromatic nitrogens is 1. The van der Waals surface area contributed by atoms with Gasteiger partial charge >= 0.3 is 0 Å². The van der Waals surface area contributed by atoms with Gasteiger partial charge in [-0.05, 0) is 49.2 Å². The van der Waals surface area contributed by atoms with Crippen LogP contribution in [0.1, 0.15) is 29.3 Å². The zero-order valence-corrected chi connectivity index (χ0v) is 15.6. The summed E-state index contributed by atoms with van der Waals surface area (Å²) in [6.07, 6.45) is 4.25. The Labute approximate surface area is 154 Å². The van der Waals surface area contributed by atoms with E-state index in [2.05, 4.69) is 4.98 Å². The Morgan fingerprint density at radius 3 is 2.58 bits per heavy atom. The second kappa shape index (κ2) is 10.4. The molecule has 2 aromatic rings. The Balaban J connectivity index is 2.08. The number of ether oxygens (including phenoxy) is 3. The Hall–Kier alpha value is -2.60. The van der Waals surface area contributed by atoms with Gasteiger partial charge in [-0.15, -0.1) is 0 Å². The average Bonchev–Trinajstić information content (AvgIpc) is 2.67. The minimum atomic E-state index is -0.0530. The molecule has 1 amide bonds. The van der Waals surface area contributed by atoms with Crippen molar-refractivity contribution in [1.29, 1.82) is 0 Å². The first-order valence-electron chi connectivity index (χ1n) is 8.68. The van der Waals surface area contributed by atoms with Crippen LogP contribution in [0.4, 0.5) is 0 Å². The van der Waals surface area contributed by atoms with E-state index in [1.165, 1.54) is 0 Å². The van der Waals surface area contributed by atoms with Crippen molar-refractivity contribution in [3.63, 3.8) is 0 Å². The highest BCUT2D eigenvalue weighted by Gasteiger charge is 2.15. The van der Waals surface area contributed by atoms with Crippen molar-refractivity contribution >= 4 is 5.91 Å². The van der Waals surface area contributed by atoms with E-state index in [4.69, 9.17) is 14.2 Å². The van der Waals surface area contributed by atoms with Crippen LogP contribution < -0.4 is 9.47 Å². The second-order valence-electron chi connectivity index (χ2n) is 5.81. The van der Waals surface area contributed by atoms with Crippen molar-refractivity contribution in [1.82, 2.24) is 9.88 Å². The van der Waals surface area contributed by atoms with Gasteiger partial charge in [0.05, 0.1) is 6.61 Å². The number of pyridine rings is 1. The number of carbonyl (C=O) groups excluding carboxylic acids is 1. The highest BCUT2D eigenvalue weighted by atomic mass is 16.5. The zero-order chi connectivity index (χ0) is 18.8. The van der Waals surface area contributed by atoms with Crippen LogP contribution in [0.15, 0.2) is 42.7 Å². The van der Waals surface area contributed by atoms with E-state index in [1.54, 1.807) is 49.7 Å². The summed E-state index contributed by atoms with van der Waals surface area (Å²) < 4.78 is 16.6. The summed E-state index contributed by atoms with van der Waals surface area (Å²) in [5, 5.41) is 0. The maximum Gasteiger partial charge on any atom is 0.253 e. The lowest BCUT2D eigenvalue weighted by Gasteiger charge is -2.18. The maximum absolute atomic E-state index is 12.6. The standard InChI is InChI=1S/C20H26N2O4/c1-4-25-19-14-17(20(23)22(2)12-5-13-24-3)6-7-18(19)26-15-16-8-10-21-11-9-16/h6-11,14H,4-5,12-13,15H2,1-3H3. The first kappa shape index (κ1) is 19.7. The van der Waals surface area contributed by atoms with Crippen molar-refractivity contribution < 1.29 is 19.0 Å². The molecule has 2 rings (SSSR count). The highest BCUT2D eigenvalue weighted by molar-refractivity contribution is 5.94. The number of benzene rings is 1. The van der Waals surface area contributed by atoms with E-state index in [0.717, 1.165) is 12.0 Å². The number of carbonyl (C=O) groups is 1. The molecule has 0 fully saturated rings. The third-order valence-corrected chi connectivity index (χ3v) is 3.82. The molecule has 0 aliphatic carbocycles. The molecule has 140 valence electrons. The molecule has 0 N–H and O–H groups in total. The van der Waals surface area contributed by atoms with E-state index in [9.17, 15) is 4.79 Å². The minimum Gasteiger partial charge on any atom is -0.490 e. The molecule has 26 heavy (non-hydrogen) atoms. The summed E-state index contributed by atoms with van der Waals surface area (Å²) in [5.41, 5.74) is 1.59. The first-order valence-corrected chi connectivity index (χ1v) is 8.68. The monoisotopic (exact) mass is 358 g/mol. The Morgan fingerprint density at radius 2 is 1.88 bits per heavy atom. The summed E-state index contributed by atoms with van der Waals surface area (Å²) in [4.78, 5) is 18.2. The van der Waals surface area contributed by atoms with Gasteiger partial charge in [0.15, 0.2) is 11.5 Å². The number of methoxy groups -OCH3 is 1. The molecule has 1 aromatic heterocycles. The van der Waals surface area contributed by atoms with E-state index < -0.39 is 0 Å². The fourth-order valence-corrected chi connectivity index (χ4v) is 2.44. The molecule has 0 saturated heterocycles. The molecule has 6 heteroatoms. The predicted octanol–water partition coefficient (Wildman–Crippen LogP) is 3.17. The fourth-order valence-electron chi connectivity index (χ4n) is 2.44. The SMILES string of the molecule is CCOc1cc(C(=O)N(C)CCCOC)ccc1OCc1ccncc1. The van der Waals surface area contributed by atoms with Crippen molar-refractivity contribution in [3.8, 4) is 11.5 Å². The number of hydrogen-bond donors (Lipinski definition) is 0. The van der Waals surface area contributed by atoms with E-state index >= 15 is 0 Å². The summed E-state index contributed by atoms with van der Waals surface area (Å²) in [6.45, 7) is 4.07. The van der Waals surface area contributed by atoms with Gasteiger partial charge in [0.25, 0.3) is 5.91 Å². The van der Waals surface area contributed by atoms with Crippen LogP contribution >= 0.6 is 0 Å². The number of nitrogens with zero attached hydrogens (tertiary/aromatic N) is 2. The van der Waals surface area contributed by atoms with Crippen LogP contribution in [0.2, 0.25) is 0 Å². The van der Waals surface area contributed by atoms with E-state index in [-0.39, 0.29) is 5.91 Å². The summed E-state index contributed by atoms with van der Waals surface area (Å²) in [5.74, 6) is 1.13. The van der Waals surface area contributed by atoms with Gasteiger partial charge in [-0.25, -0.2) is 0 Å². The Kier molecular flexibility index (Phi) is 7.89. The number of hydrogen-bond acceptors (Lipinski definition) is 5. The second-order valence-corrected chi connectivity index (χ2v) is 5.81. The van der Waals surface area contributed by atoms with Gasteiger partial charge in [0.2, 0.25) is 0 Å². The molecule has 0 spiro atoms. The molecule has 0 saturated carbocycles. The van der Waals surface area contributed by atoms with Crippen molar-refractivity contribution in [2.45, 2.75) is 20.0 Å². The lowest BCUT2D eigenvalue weighted by Crippen LogP contribution is -2.28. The van der Waals surface area contributed by atoms with E-state index in [1.807, 2.05) is 19.1 Å². The van der Waals surface area contributed by atoms with Crippen LogP contribution in [0.5, 0.6) is 11.5 Å². The van der Waals surface area contributed by atoms with E-state index in [0.29, 0.717) is 43.4 Å². The largest absolute Gasteiger partial charge is 0.490 e. The zero-order valence-electron chi connectivity index (χ0n) is 15.6. The highest BCUT2D eigenvalue weighted by Crippen LogP contribution is 2.29. The first-order chi connectivity index (χ1) is 12.7. The number of amides is 1. The fraction of sp³-hybridized carbons (Fsp3) is 0.400. The maximum atomic E-state index is 12.6. The van der Waals surface area contributed by atoms with Gasteiger partial charge in [-0.1, -0.05) is 0 Å². The molecule has 0 radical (unpaired) electrons. The molecule has 1 heterocycles. The normalized spacial score (nSPS) is 10.4. The molecule has 1 aromatic carbocycles. The summed E-state index contributed by atoms with van der Waals surface area (Å²) in [7, 11) is 3.44. The molecule has 0 bridgehead atoms. The third kappa shape index (κ3) is 5.74. The van der Waals surface area contributed by atoms with Gasteiger partial charge in [0.1, 0.15) is 6.61 Å². The molecular formula is C20H26N2O4. The van der Waals surface area contributed by atoms with Crippen molar-refractivity contribution in [2.75, 3.05) is 33.9 Å². The van der Waals surface area contributed by atoms with Gasteiger partial charge < -0.3 is 19.1 Å². The molecular weight excluding hydrogens is 332 g/mol. The summed E-state index contributed by atoms with van der Waals surface area (Å²) >= 11 is 0. The van der Waals surface area contributed by atoms with Gasteiger partial charge in [-0.3, -0.25) is 9.78 Å². The third-order valence-electron chi connectivity index (χ3n) is 3.82. The van der Waals surface area contributed by atoms with Crippen molar-refractivity contribution in [2.24, 2.45) is 0 Å². The van der Waals surface area contributed by atoms with Gasteiger partial charge in [0, 0.05) is 45.3 Å². The van der Waals surface area contributed by atoms with Gasteiger partial charge in [-0.2, -0.15) is 0 Å². The lowest BCUT2D eigenvalue weighted by molar-refractivity contribution is 0.0778. The van der Waals surface area contributed by atoms with Crippen LogP contribution in [-0.2, 0) is 11.3 Å². The minimum absolute atomic E-state index is 0.0530. The number of rotatable bonds is 10. The van der Waals surface area contributed by atoms with Crippen LogP contribution in [0.3, 0.4) is 0 Å². The molecule has 0 aliphatic heterocycles. The average molecular weight is 358 g/mol. The molecule has 0 unspecified atom stereocenters. The Bertz CT molecular complexity index is 691.